The summed E-state index contributed by atoms with van der Waals surface area (Å²) in [5.41, 5.74) is 6.06. The Balaban J connectivity index is 2.76. The van der Waals surface area contributed by atoms with Crippen molar-refractivity contribution in [2.24, 2.45) is 11.7 Å². The molecule has 0 bridgehead atoms. The highest BCUT2D eigenvalue weighted by molar-refractivity contribution is 6.32. The van der Waals surface area contributed by atoms with Crippen LogP contribution in [0.15, 0.2) is 12.1 Å². The van der Waals surface area contributed by atoms with Crippen LogP contribution in [0.4, 0.5) is 5.69 Å². The van der Waals surface area contributed by atoms with E-state index in [0.29, 0.717) is 41.1 Å². The summed E-state index contributed by atoms with van der Waals surface area (Å²) in [6, 6.07) is 3.25. The van der Waals surface area contributed by atoms with Gasteiger partial charge in [-0.25, -0.2) is 0 Å². The Morgan fingerprint density at radius 2 is 2.00 bits per heavy atom. The molecule has 6 heteroatoms. The summed E-state index contributed by atoms with van der Waals surface area (Å²) in [6.45, 7) is 2.59. The molecule has 112 valence electrons. The number of carbonyl (C=O) groups is 1. The molecule has 1 atom stereocenters. The van der Waals surface area contributed by atoms with Crippen molar-refractivity contribution in [3.63, 3.8) is 0 Å². The molecule has 0 aliphatic carbocycles. The fourth-order valence-corrected chi connectivity index (χ4v) is 1.91. The number of ether oxygens (including phenoxy) is 2. The van der Waals surface area contributed by atoms with Gasteiger partial charge in [0, 0.05) is 12.5 Å². The molecule has 1 unspecified atom stereocenters. The van der Waals surface area contributed by atoms with E-state index in [1.165, 1.54) is 14.2 Å². The molecule has 0 aliphatic rings. The lowest BCUT2D eigenvalue weighted by molar-refractivity contribution is -0.116. The van der Waals surface area contributed by atoms with Crippen molar-refractivity contribution < 1.29 is 14.3 Å². The maximum Gasteiger partial charge on any atom is 0.224 e. The van der Waals surface area contributed by atoms with Gasteiger partial charge in [-0.15, -0.1) is 0 Å². The van der Waals surface area contributed by atoms with Crippen LogP contribution < -0.4 is 20.5 Å². The summed E-state index contributed by atoms with van der Waals surface area (Å²) in [5, 5.41) is 3.20. The lowest BCUT2D eigenvalue weighted by Crippen LogP contribution is -2.16. The first-order valence-corrected chi connectivity index (χ1v) is 6.81. The van der Waals surface area contributed by atoms with E-state index >= 15 is 0 Å². The number of carbonyl (C=O) groups excluding carboxylic acids is 1. The fraction of sp³-hybridized carbons (Fsp3) is 0.500. The van der Waals surface area contributed by atoms with Crippen LogP contribution >= 0.6 is 11.6 Å². The molecule has 1 aromatic rings. The lowest BCUT2D eigenvalue weighted by atomic mass is 10.1. The highest BCUT2D eigenvalue weighted by Crippen LogP contribution is 2.35. The summed E-state index contributed by atoms with van der Waals surface area (Å²) in [5.74, 6) is 1.23. The van der Waals surface area contributed by atoms with E-state index in [1.807, 2.05) is 6.92 Å². The zero-order chi connectivity index (χ0) is 15.1. The number of nitrogens with one attached hydrogen (secondary N) is 1. The van der Waals surface area contributed by atoms with Crippen LogP contribution in [0.3, 0.4) is 0 Å². The minimum absolute atomic E-state index is 0.0927. The van der Waals surface area contributed by atoms with E-state index in [1.54, 1.807) is 12.1 Å². The highest BCUT2D eigenvalue weighted by atomic mass is 35.5. The number of benzene rings is 1. The summed E-state index contributed by atoms with van der Waals surface area (Å²) in [4.78, 5) is 11.9. The molecule has 20 heavy (non-hydrogen) atoms. The first-order chi connectivity index (χ1) is 9.51. The molecule has 5 nitrogen and oxygen atoms in total. The van der Waals surface area contributed by atoms with Crippen molar-refractivity contribution in [1.29, 1.82) is 0 Å². The van der Waals surface area contributed by atoms with Gasteiger partial charge in [-0.3, -0.25) is 4.79 Å². The molecule has 0 radical (unpaired) electrons. The Labute approximate surface area is 124 Å². The van der Waals surface area contributed by atoms with Gasteiger partial charge in [-0.05, 0) is 24.9 Å². The van der Waals surface area contributed by atoms with Crippen molar-refractivity contribution >= 4 is 23.2 Å². The first-order valence-electron chi connectivity index (χ1n) is 6.43. The lowest BCUT2D eigenvalue weighted by Gasteiger charge is -2.13. The predicted octanol–water partition coefficient (Wildman–Crippen LogP) is 2.67. The van der Waals surface area contributed by atoms with E-state index < -0.39 is 0 Å². The van der Waals surface area contributed by atoms with Crippen molar-refractivity contribution in [3.05, 3.63) is 17.2 Å². The molecular weight excluding hydrogens is 280 g/mol. The third kappa shape index (κ3) is 4.58. The van der Waals surface area contributed by atoms with Crippen LogP contribution in [0.1, 0.15) is 19.8 Å². The second-order valence-corrected chi connectivity index (χ2v) is 5.02. The van der Waals surface area contributed by atoms with Crippen LogP contribution in [-0.2, 0) is 4.79 Å². The van der Waals surface area contributed by atoms with Crippen LogP contribution in [-0.4, -0.2) is 26.7 Å². The summed E-state index contributed by atoms with van der Waals surface area (Å²) in [7, 11) is 3.04. The van der Waals surface area contributed by atoms with Crippen LogP contribution in [0.2, 0.25) is 5.02 Å². The number of amides is 1. The number of nitrogens with two attached hydrogens (primary N) is 1. The SMILES string of the molecule is COc1cc(OC)c(NC(=O)CCC(C)CN)cc1Cl. The Kier molecular flexibility index (Phi) is 6.61. The number of rotatable bonds is 7. The van der Waals surface area contributed by atoms with Crippen LogP contribution in [0, 0.1) is 5.92 Å². The number of anilines is 1. The quantitative estimate of drug-likeness (QED) is 0.812. The molecule has 0 heterocycles. The van der Waals surface area contributed by atoms with Gasteiger partial charge in [0.1, 0.15) is 11.5 Å². The Morgan fingerprint density at radius 3 is 2.55 bits per heavy atom. The molecule has 0 saturated heterocycles. The molecule has 0 saturated carbocycles. The van der Waals surface area contributed by atoms with Gasteiger partial charge in [0.15, 0.2) is 0 Å². The molecule has 1 amide bonds. The Bertz CT molecular complexity index is 466. The molecule has 0 aliphatic heterocycles. The van der Waals surface area contributed by atoms with Gasteiger partial charge >= 0.3 is 0 Å². The number of halogens is 1. The van der Waals surface area contributed by atoms with Gasteiger partial charge in [-0.2, -0.15) is 0 Å². The van der Waals surface area contributed by atoms with E-state index in [4.69, 9.17) is 26.8 Å². The number of hydrogen-bond acceptors (Lipinski definition) is 4. The fourth-order valence-electron chi connectivity index (χ4n) is 1.67. The topological polar surface area (TPSA) is 73.6 Å². The van der Waals surface area contributed by atoms with Gasteiger partial charge in [-0.1, -0.05) is 18.5 Å². The number of methoxy groups -OCH3 is 2. The van der Waals surface area contributed by atoms with Gasteiger partial charge in [0.05, 0.1) is 24.9 Å². The molecule has 0 spiro atoms. The van der Waals surface area contributed by atoms with E-state index in [2.05, 4.69) is 5.32 Å². The monoisotopic (exact) mass is 300 g/mol. The molecular formula is C14H21ClN2O3. The Hall–Kier alpha value is -1.46. The van der Waals surface area contributed by atoms with Crippen molar-refractivity contribution in [2.75, 3.05) is 26.1 Å². The average molecular weight is 301 g/mol. The molecule has 3 N–H and O–H groups in total. The maximum absolute atomic E-state index is 11.9. The zero-order valence-electron chi connectivity index (χ0n) is 12.0. The van der Waals surface area contributed by atoms with E-state index in [9.17, 15) is 4.79 Å². The zero-order valence-corrected chi connectivity index (χ0v) is 12.8. The predicted molar refractivity (Wildman–Crippen MR) is 80.6 cm³/mol. The van der Waals surface area contributed by atoms with E-state index in [0.717, 1.165) is 6.42 Å². The summed E-state index contributed by atoms with van der Waals surface area (Å²) in [6.07, 6.45) is 1.15. The third-order valence-electron chi connectivity index (χ3n) is 3.01. The second kappa shape index (κ2) is 7.97. The summed E-state index contributed by atoms with van der Waals surface area (Å²) < 4.78 is 10.3. The van der Waals surface area contributed by atoms with Crippen LogP contribution in [0.5, 0.6) is 11.5 Å². The van der Waals surface area contributed by atoms with Crippen molar-refractivity contribution in [1.82, 2.24) is 0 Å². The van der Waals surface area contributed by atoms with Gasteiger partial charge in [0.25, 0.3) is 0 Å². The van der Waals surface area contributed by atoms with Crippen LogP contribution in [0.25, 0.3) is 0 Å². The largest absolute Gasteiger partial charge is 0.495 e. The summed E-state index contributed by atoms with van der Waals surface area (Å²) >= 11 is 6.04. The van der Waals surface area contributed by atoms with E-state index in [-0.39, 0.29) is 5.91 Å². The third-order valence-corrected chi connectivity index (χ3v) is 3.31. The minimum Gasteiger partial charge on any atom is -0.495 e. The van der Waals surface area contributed by atoms with Crippen molar-refractivity contribution in [3.8, 4) is 11.5 Å². The molecule has 1 rings (SSSR count). The maximum atomic E-state index is 11.9. The first kappa shape index (κ1) is 16.6. The Morgan fingerprint density at radius 1 is 1.35 bits per heavy atom. The minimum atomic E-state index is -0.0927. The highest BCUT2D eigenvalue weighted by Gasteiger charge is 2.13. The molecule has 1 aromatic carbocycles. The second-order valence-electron chi connectivity index (χ2n) is 4.61. The smallest absolute Gasteiger partial charge is 0.224 e. The van der Waals surface area contributed by atoms with Gasteiger partial charge in [0.2, 0.25) is 5.91 Å². The molecule has 0 aromatic heterocycles. The molecule has 0 fully saturated rings. The number of hydrogen-bond donors (Lipinski definition) is 2. The normalized spacial score (nSPS) is 11.8. The van der Waals surface area contributed by atoms with Crippen molar-refractivity contribution in [2.45, 2.75) is 19.8 Å². The van der Waals surface area contributed by atoms with Gasteiger partial charge < -0.3 is 20.5 Å². The standard InChI is InChI=1S/C14H21ClN2O3/c1-9(8-16)4-5-14(18)17-11-6-10(15)12(19-2)7-13(11)20-3/h6-7,9H,4-5,8,16H2,1-3H3,(H,17,18). The average Bonchev–Trinajstić information content (AvgIpc) is 2.45.